The number of imidazole rings is 1. The number of thioether (sulfide) groups is 1. The van der Waals surface area contributed by atoms with Gasteiger partial charge in [0.25, 0.3) is 0 Å². The van der Waals surface area contributed by atoms with Crippen molar-refractivity contribution >= 4 is 11.8 Å². The molecule has 0 saturated carbocycles. The third-order valence-electron chi connectivity index (χ3n) is 3.98. The Hall–Kier alpha value is -0.480. The van der Waals surface area contributed by atoms with Crippen LogP contribution in [0.1, 0.15) is 52.3 Å². The fraction of sp³-hybridized carbons (Fsp3) is 0.786. The van der Waals surface area contributed by atoms with E-state index >= 15 is 0 Å². The second kappa shape index (κ2) is 6.62. The minimum absolute atomic E-state index is 0.0702. The van der Waals surface area contributed by atoms with Crippen LogP contribution in [0.25, 0.3) is 0 Å². The van der Waals surface area contributed by atoms with Gasteiger partial charge in [0, 0.05) is 23.5 Å². The second-order valence-electron chi connectivity index (χ2n) is 5.31. The third kappa shape index (κ3) is 3.29. The summed E-state index contributed by atoms with van der Waals surface area (Å²) in [6, 6.07) is 0.0702. The van der Waals surface area contributed by atoms with E-state index in [1.54, 1.807) is 0 Å². The van der Waals surface area contributed by atoms with E-state index in [0.717, 1.165) is 12.2 Å². The summed E-state index contributed by atoms with van der Waals surface area (Å²) >= 11 is 1.95. The molecule has 3 nitrogen and oxygen atoms in total. The molecule has 18 heavy (non-hydrogen) atoms. The summed E-state index contributed by atoms with van der Waals surface area (Å²) in [7, 11) is 0. The average molecular weight is 269 g/mol. The molecule has 1 heterocycles. The summed E-state index contributed by atoms with van der Waals surface area (Å²) in [5, 5.41) is 0. The summed E-state index contributed by atoms with van der Waals surface area (Å²) in [4.78, 5) is 4.29. The maximum absolute atomic E-state index is 6.26. The first-order valence-corrected chi connectivity index (χ1v) is 8.03. The molecular formula is C14H27N3S. The molecule has 1 unspecified atom stereocenters. The molecule has 0 spiro atoms. The van der Waals surface area contributed by atoms with Crippen LogP contribution in [0.3, 0.4) is 0 Å². The van der Waals surface area contributed by atoms with Gasteiger partial charge in [0.2, 0.25) is 0 Å². The molecule has 104 valence electrons. The molecule has 1 aromatic heterocycles. The van der Waals surface area contributed by atoms with Crippen LogP contribution in [0, 0.1) is 5.92 Å². The first-order valence-electron chi connectivity index (χ1n) is 6.80. The summed E-state index contributed by atoms with van der Waals surface area (Å²) in [5.41, 5.74) is 7.42. The summed E-state index contributed by atoms with van der Waals surface area (Å²) in [5.74, 6) is 0.437. The standard InChI is InChI=1S/C14H27N3S/c1-6-14(7-2,18-5)9-17-10-16-8-12(17)13(15)11(3)4/h8,10-11,13H,6-7,9,15H2,1-5H3. The Morgan fingerprint density at radius 2 is 2.00 bits per heavy atom. The average Bonchev–Trinajstić information content (AvgIpc) is 2.82. The predicted octanol–water partition coefficient (Wildman–Crippen LogP) is 3.46. The molecule has 0 aliphatic heterocycles. The number of hydrogen-bond acceptors (Lipinski definition) is 3. The molecule has 1 rings (SSSR count). The van der Waals surface area contributed by atoms with Crippen molar-refractivity contribution in [2.45, 2.75) is 57.9 Å². The van der Waals surface area contributed by atoms with E-state index in [1.165, 1.54) is 12.8 Å². The highest BCUT2D eigenvalue weighted by atomic mass is 32.2. The first kappa shape index (κ1) is 15.6. The fourth-order valence-electron chi connectivity index (χ4n) is 2.22. The molecule has 2 N–H and O–H groups in total. The van der Waals surface area contributed by atoms with Crippen molar-refractivity contribution in [3.63, 3.8) is 0 Å². The Kier molecular flexibility index (Phi) is 5.73. The maximum Gasteiger partial charge on any atom is 0.0949 e. The van der Waals surface area contributed by atoms with E-state index in [0.29, 0.717) is 10.7 Å². The van der Waals surface area contributed by atoms with Gasteiger partial charge in [0.15, 0.2) is 0 Å². The van der Waals surface area contributed by atoms with Crippen LogP contribution in [0.5, 0.6) is 0 Å². The van der Waals surface area contributed by atoms with Crippen LogP contribution in [-0.4, -0.2) is 20.6 Å². The molecule has 4 heteroatoms. The highest BCUT2D eigenvalue weighted by molar-refractivity contribution is 8.00. The van der Waals surface area contributed by atoms with Gasteiger partial charge in [-0.2, -0.15) is 11.8 Å². The summed E-state index contributed by atoms with van der Waals surface area (Å²) < 4.78 is 2.54. The molecule has 0 fully saturated rings. The van der Waals surface area contributed by atoms with Crippen LogP contribution < -0.4 is 5.73 Å². The van der Waals surface area contributed by atoms with E-state index < -0.39 is 0 Å². The zero-order valence-corrected chi connectivity index (χ0v) is 13.1. The van der Waals surface area contributed by atoms with E-state index in [-0.39, 0.29) is 6.04 Å². The highest BCUT2D eigenvalue weighted by Gasteiger charge is 2.27. The fourth-order valence-corrected chi connectivity index (χ4v) is 3.06. The van der Waals surface area contributed by atoms with Crippen LogP contribution in [0.15, 0.2) is 12.5 Å². The number of nitrogens with two attached hydrogens (primary N) is 1. The SMILES string of the molecule is CCC(CC)(Cn1cncc1C(N)C(C)C)SC. The molecule has 0 aliphatic carbocycles. The van der Waals surface area contributed by atoms with Gasteiger partial charge in [-0.1, -0.05) is 27.7 Å². The van der Waals surface area contributed by atoms with Crippen molar-refractivity contribution in [1.29, 1.82) is 0 Å². The lowest BCUT2D eigenvalue weighted by Crippen LogP contribution is -2.31. The van der Waals surface area contributed by atoms with Crippen molar-refractivity contribution in [2.24, 2.45) is 11.7 Å². The number of hydrogen-bond donors (Lipinski definition) is 1. The van der Waals surface area contributed by atoms with Crippen molar-refractivity contribution in [3.05, 3.63) is 18.2 Å². The zero-order chi connectivity index (χ0) is 13.8. The predicted molar refractivity (Wildman–Crippen MR) is 80.8 cm³/mol. The quantitative estimate of drug-likeness (QED) is 0.824. The van der Waals surface area contributed by atoms with Crippen molar-refractivity contribution in [1.82, 2.24) is 9.55 Å². The van der Waals surface area contributed by atoms with Crippen LogP contribution in [0.4, 0.5) is 0 Å². The molecule has 0 saturated heterocycles. The van der Waals surface area contributed by atoms with Crippen LogP contribution in [0.2, 0.25) is 0 Å². The second-order valence-corrected chi connectivity index (χ2v) is 6.58. The van der Waals surface area contributed by atoms with Gasteiger partial charge >= 0.3 is 0 Å². The molecule has 1 atom stereocenters. The van der Waals surface area contributed by atoms with Gasteiger partial charge in [0.05, 0.1) is 12.0 Å². The topological polar surface area (TPSA) is 43.8 Å². The lowest BCUT2D eigenvalue weighted by Gasteiger charge is -2.31. The number of aromatic nitrogens is 2. The van der Waals surface area contributed by atoms with Crippen molar-refractivity contribution in [3.8, 4) is 0 Å². The zero-order valence-electron chi connectivity index (χ0n) is 12.3. The Bertz CT molecular complexity index is 347. The van der Waals surface area contributed by atoms with Gasteiger partial charge in [-0.15, -0.1) is 0 Å². The third-order valence-corrected chi connectivity index (χ3v) is 5.56. The largest absolute Gasteiger partial charge is 0.332 e. The van der Waals surface area contributed by atoms with Crippen LogP contribution >= 0.6 is 11.8 Å². The maximum atomic E-state index is 6.26. The highest BCUT2D eigenvalue weighted by Crippen LogP contribution is 2.33. The van der Waals surface area contributed by atoms with Gasteiger partial charge in [-0.25, -0.2) is 4.98 Å². The smallest absolute Gasteiger partial charge is 0.0949 e. The van der Waals surface area contributed by atoms with E-state index in [4.69, 9.17) is 5.73 Å². The van der Waals surface area contributed by atoms with Gasteiger partial charge in [-0.05, 0) is 25.0 Å². The number of rotatable bonds is 7. The van der Waals surface area contributed by atoms with E-state index in [2.05, 4.69) is 43.5 Å². The normalized spacial score (nSPS) is 14.2. The van der Waals surface area contributed by atoms with Gasteiger partial charge < -0.3 is 10.3 Å². The Morgan fingerprint density at radius 3 is 2.44 bits per heavy atom. The molecule has 0 amide bonds. The lowest BCUT2D eigenvalue weighted by atomic mass is 10.00. The summed E-state index contributed by atoms with van der Waals surface area (Å²) in [6.07, 6.45) is 8.37. The van der Waals surface area contributed by atoms with Crippen molar-refractivity contribution in [2.75, 3.05) is 6.26 Å². The molecule has 1 aromatic rings. The van der Waals surface area contributed by atoms with Crippen molar-refractivity contribution < 1.29 is 0 Å². The van der Waals surface area contributed by atoms with E-state index in [9.17, 15) is 0 Å². The molecule has 0 bridgehead atoms. The van der Waals surface area contributed by atoms with Gasteiger partial charge in [-0.3, -0.25) is 0 Å². The Morgan fingerprint density at radius 1 is 1.39 bits per heavy atom. The number of nitrogens with zero attached hydrogens (tertiary/aromatic N) is 2. The minimum atomic E-state index is 0.0702. The first-order chi connectivity index (χ1) is 8.49. The monoisotopic (exact) mass is 269 g/mol. The molecular weight excluding hydrogens is 242 g/mol. The van der Waals surface area contributed by atoms with E-state index in [1.807, 2.05) is 24.3 Å². The van der Waals surface area contributed by atoms with Crippen LogP contribution in [-0.2, 0) is 6.54 Å². The molecule has 0 aromatic carbocycles. The summed E-state index contributed by atoms with van der Waals surface area (Å²) in [6.45, 7) is 9.84. The molecule has 0 aliphatic rings. The molecule has 0 radical (unpaired) electrons. The van der Waals surface area contributed by atoms with Gasteiger partial charge in [0.1, 0.15) is 0 Å². The Balaban J connectivity index is 2.94. The minimum Gasteiger partial charge on any atom is -0.332 e. The lowest BCUT2D eigenvalue weighted by molar-refractivity contribution is 0.426. The Labute approximate surface area is 116 Å².